The Morgan fingerprint density at radius 3 is 2.51 bits per heavy atom. The molecule has 39 heavy (non-hydrogen) atoms. The Hall–Kier alpha value is -4.40. The number of carboxylic acid groups (broad SMARTS) is 1. The van der Waals surface area contributed by atoms with Gasteiger partial charge < -0.3 is 26.4 Å². The maximum atomic E-state index is 13.6. The molecule has 5 N–H and O–H groups in total. The summed E-state index contributed by atoms with van der Waals surface area (Å²) < 4.78 is 0. The highest BCUT2D eigenvalue weighted by Gasteiger charge is 2.32. The molecule has 9 nitrogen and oxygen atoms in total. The molecule has 1 aliphatic rings. The Morgan fingerprint density at radius 1 is 0.949 bits per heavy atom. The van der Waals surface area contributed by atoms with Gasteiger partial charge in [0.05, 0.1) is 24.2 Å². The summed E-state index contributed by atoms with van der Waals surface area (Å²) in [6.45, 7) is 0.725. The van der Waals surface area contributed by atoms with Crippen LogP contribution in [0.15, 0.2) is 65.7 Å². The molecule has 0 unspecified atom stereocenters. The predicted molar refractivity (Wildman–Crippen MR) is 153 cm³/mol. The Kier molecular flexibility index (Phi) is 9.14. The number of fused-ring (bicyclic) bond motifs is 2. The molecule has 3 aromatic rings. The van der Waals surface area contributed by atoms with Gasteiger partial charge in [-0.3, -0.25) is 19.4 Å². The van der Waals surface area contributed by atoms with Crippen LogP contribution in [0.4, 0.5) is 5.69 Å². The van der Waals surface area contributed by atoms with Crippen LogP contribution >= 0.6 is 0 Å². The first-order valence-electron chi connectivity index (χ1n) is 13.3. The standard InChI is InChI=1S/C30H35N5O4/c31-30(32)33-16-6-2-1-3-8-21-13-14-26-25(18-21)29(39)34(17-15-28(37)38)20-27(36)35(26)19-23-11-7-10-22-9-4-5-12-24(22)23/h4-5,7,9-14,18H,1-3,6,8,15-17,19-20H2,(H,37,38)(H4,31,32,33). The summed E-state index contributed by atoms with van der Waals surface area (Å²) in [6.07, 6.45) is 4.41. The molecule has 0 aliphatic carbocycles. The molecule has 3 aromatic carbocycles. The first-order chi connectivity index (χ1) is 18.8. The van der Waals surface area contributed by atoms with Crippen molar-refractivity contribution in [2.45, 2.75) is 45.1 Å². The molecule has 1 heterocycles. The summed E-state index contributed by atoms with van der Waals surface area (Å²) in [7, 11) is 0. The molecular formula is C30H35N5O4. The molecule has 0 spiro atoms. The zero-order chi connectivity index (χ0) is 27.8. The van der Waals surface area contributed by atoms with E-state index < -0.39 is 5.97 Å². The zero-order valence-electron chi connectivity index (χ0n) is 22.0. The van der Waals surface area contributed by atoms with Gasteiger partial charge in [-0.2, -0.15) is 0 Å². The molecule has 0 atom stereocenters. The molecule has 4 rings (SSSR count). The number of aliphatic imine (C=N–C) groups is 1. The molecule has 0 aromatic heterocycles. The van der Waals surface area contributed by atoms with Gasteiger partial charge in [0.25, 0.3) is 5.91 Å². The summed E-state index contributed by atoms with van der Waals surface area (Å²) in [5.74, 6) is -1.47. The lowest BCUT2D eigenvalue weighted by atomic mass is 10.0. The molecule has 2 amide bonds. The number of hydrogen-bond donors (Lipinski definition) is 3. The van der Waals surface area contributed by atoms with Crippen molar-refractivity contribution in [1.29, 1.82) is 0 Å². The highest BCUT2D eigenvalue weighted by molar-refractivity contribution is 6.10. The van der Waals surface area contributed by atoms with Crippen molar-refractivity contribution in [3.63, 3.8) is 0 Å². The van der Waals surface area contributed by atoms with Crippen molar-refractivity contribution in [2.24, 2.45) is 16.5 Å². The van der Waals surface area contributed by atoms with Crippen LogP contribution in [0.25, 0.3) is 10.8 Å². The van der Waals surface area contributed by atoms with Crippen LogP contribution in [0.5, 0.6) is 0 Å². The number of benzene rings is 3. The number of anilines is 1. The van der Waals surface area contributed by atoms with E-state index in [4.69, 9.17) is 11.5 Å². The summed E-state index contributed by atoms with van der Waals surface area (Å²) in [4.78, 5) is 45.3. The third kappa shape index (κ3) is 7.13. The van der Waals surface area contributed by atoms with Crippen molar-refractivity contribution < 1.29 is 19.5 Å². The average Bonchev–Trinajstić information content (AvgIpc) is 3.01. The third-order valence-corrected chi connectivity index (χ3v) is 6.97. The van der Waals surface area contributed by atoms with E-state index in [1.807, 2.05) is 60.7 Å². The smallest absolute Gasteiger partial charge is 0.305 e. The number of carboxylic acids is 1. The lowest BCUT2D eigenvalue weighted by molar-refractivity contribution is -0.137. The first-order valence-corrected chi connectivity index (χ1v) is 13.3. The fraction of sp³-hybridized carbons (Fsp3) is 0.333. The molecule has 0 bridgehead atoms. The van der Waals surface area contributed by atoms with Crippen LogP contribution in [-0.2, 0) is 22.6 Å². The minimum absolute atomic E-state index is 0.0263. The fourth-order valence-electron chi connectivity index (χ4n) is 4.96. The minimum atomic E-state index is -1.01. The number of unbranched alkanes of at least 4 members (excludes halogenated alkanes) is 3. The number of guanidine groups is 1. The van der Waals surface area contributed by atoms with E-state index in [1.165, 1.54) is 4.90 Å². The van der Waals surface area contributed by atoms with E-state index in [9.17, 15) is 19.5 Å². The van der Waals surface area contributed by atoms with Crippen LogP contribution in [0.3, 0.4) is 0 Å². The number of aryl methyl sites for hydroxylation is 1. The van der Waals surface area contributed by atoms with Gasteiger partial charge >= 0.3 is 5.97 Å². The quantitative estimate of drug-likeness (QED) is 0.186. The van der Waals surface area contributed by atoms with Gasteiger partial charge in [-0.1, -0.05) is 61.4 Å². The normalized spacial score (nSPS) is 13.3. The van der Waals surface area contributed by atoms with E-state index in [1.54, 1.807) is 4.90 Å². The maximum absolute atomic E-state index is 13.6. The first kappa shape index (κ1) is 27.6. The van der Waals surface area contributed by atoms with Crippen LogP contribution in [0.1, 0.15) is 53.6 Å². The summed E-state index contributed by atoms with van der Waals surface area (Å²) >= 11 is 0. The predicted octanol–water partition coefficient (Wildman–Crippen LogP) is 3.68. The lowest BCUT2D eigenvalue weighted by Gasteiger charge is -2.24. The van der Waals surface area contributed by atoms with Gasteiger partial charge in [-0.15, -0.1) is 0 Å². The number of carbonyl (C=O) groups excluding carboxylic acids is 2. The second kappa shape index (κ2) is 12.9. The Morgan fingerprint density at radius 2 is 1.72 bits per heavy atom. The fourth-order valence-corrected chi connectivity index (χ4v) is 4.96. The largest absolute Gasteiger partial charge is 0.481 e. The van der Waals surface area contributed by atoms with E-state index >= 15 is 0 Å². The number of rotatable bonds is 12. The second-order valence-electron chi connectivity index (χ2n) is 9.81. The highest BCUT2D eigenvalue weighted by atomic mass is 16.4. The zero-order valence-corrected chi connectivity index (χ0v) is 22.0. The summed E-state index contributed by atoms with van der Waals surface area (Å²) in [5.41, 5.74) is 13.7. The molecule has 9 heteroatoms. The minimum Gasteiger partial charge on any atom is -0.481 e. The number of nitrogens with zero attached hydrogens (tertiary/aromatic N) is 3. The molecule has 0 saturated heterocycles. The van der Waals surface area contributed by atoms with Crippen molar-refractivity contribution >= 4 is 40.2 Å². The summed E-state index contributed by atoms with van der Waals surface area (Å²) in [6, 6.07) is 19.7. The van der Waals surface area contributed by atoms with Gasteiger partial charge in [-0.25, -0.2) is 0 Å². The number of hydrogen-bond acceptors (Lipinski definition) is 4. The van der Waals surface area contributed by atoms with Gasteiger partial charge in [0, 0.05) is 13.1 Å². The van der Waals surface area contributed by atoms with E-state index in [0.717, 1.165) is 54.0 Å². The number of amides is 2. The average molecular weight is 530 g/mol. The third-order valence-electron chi connectivity index (χ3n) is 6.97. The number of nitrogens with two attached hydrogens (primary N) is 2. The monoisotopic (exact) mass is 529 g/mol. The van der Waals surface area contributed by atoms with Crippen LogP contribution < -0.4 is 16.4 Å². The number of aliphatic carboxylic acids is 1. The van der Waals surface area contributed by atoms with Gasteiger partial charge in [0.1, 0.15) is 6.54 Å². The Balaban J connectivity index is 1.58. The molecule has 0 fully saturated rings. The Bertz CT molecular complexity index is 1380. The van der Waals surface area contributed by atoms with Gasteiger partial charge in [-0.05, 0) is 53.3 Å². The van der Waals surface area contributed by atoms with Crippen molar-refractivity contribution in [2.75, 3.05) is 24.5 Å². The Labute approximate surface area is 228 Å². The number of carbonyl (C=O) groups is 3. The van der Waals surface area contributed by atoms with Crippen LogP contribution in [0.2, 0.25) is 0 Å². The van der Waals surface area contributed by atoms with Crippen molar-refractivity contribution in [3.05, 3.63) is 77.4 Å². The molecular weight excluding hydrogens is 494 g/mol. The van der Waals surface area contributed by atoms with Crippen LogP contribution in [0, 0.1) is 0 Å². The van der Waals surface area contributed by atoms with Crippen molar-refractivity contribution in [1.82, 2.24) is 4.90 Å². The van der Waals surface area contributed by atoms with E-state index in [-0.39, 0.29) is 37.3 Å². The van der Waals surface area contributed by atoms with Crippen molar-refractivity contribution in [3.8, 4) is 0 Å². The lowest BCUT2D eigenvalue weighted by Crippen LogP contribution is -2.40. The van der Waals surface area contributed by atoms with Crippen LogP contribution in [-0.4, -0.2) is 53.4 Å². The molecule has 0 radical (unpaired) electrons. The second-order valence-corrected chi connectivity index (χ2v) is 9.81. The molecule has 0 saturated carbocycles. The SMILES string of the molecule is NC(N)=NCCCCCCc1ccc2c(c1)C(=O)N(CCC(=O)O)CC(=O)N2Cc1cccc2ccccc12. The summed E-state index contributed by atoms with van der Waals surface area (Å²) in [5, 5.41) is 11.3. The maximum Gasteiger partial charge on any atom is 0.305 e. The molecule has 204 valence electrons. The van der Waals surface area contributed by atoms with Gasteiger partial charge in [0.2, 0.25) is 5.91 Å². The molecule has 1 aliphatic heterocycles. The van der Waals surface area contributed by atoms with E-state index in [0.29, 0.717) is 24.3 Å². The van der Waals surface area contributed by atoms with Gasteiger partial charge in [0.15, 0.2) is 5.96 Å². The topological polar surface area (TPSA) is 142 Å². The highest BCUT2D eigenvalue weighted by Crippen LogP contribution is 2.31. The van der Waals surface area contributed by atoms with E-state index in [2.05, 4.69) is 4.99 Å².